The van der Waals surface area contributed by atoms with Crippen molar-refractivity contribution in [2.45, 2.75) is 65.5 Å². The lowest BCUT2D eigenvalue weighted by Crippen LogP contribution is -2.44. The maximum Gasteiger partial charge on any atom is 0.415 e. The molecule has 0 radical (unpaired) electrons. The standard InChI is InChI=1S/C34H40N2O5/c1-34(2,3)28-15-17-29(18-16-28)36(23-24-9-11-27(12-10-24)32(39)35-22-21-31(37)38)33(40)41-30-19-13-26(14-20-30)25-7-5-4-6-8-25/h4-14,19-20,28-29H,15-18,21-23H2,1-3H3,(H,35,39)(H,37,38). The van der Waals surface area contributed by atoms with Crippen LogP contribution in [-0.2, 0) is 11.3 Å². The Labute approximate surface area is 242 Å². The van der Waals surface area contributed by atoms with Crippen LogP contribution in [0, 0.1) is 11.3 Å². The number of carboxylic acid groups (broad SMARTS) is 1. The molecule has 0 heterocycles. The molecule has 0 spiro atoms. The number of carboxylic acids is 1. The maximum absolute atomic E-state index is 13.6. The minimum Gasteiger partial charge on any atom is -0.481 e. The zero-order chi connectivity index (χ0) is 29.4. The summed E-state index contributed by atoms with van der Waals surface area (Å²) in [7, 11) is 0. The summed E-state index contributed by atoms with van der Waals surface area (Å²) in [5, 5.41) is 11.4. The van der Waals surface area contributed by atoms with Gasteiger partial charge in [-0.25, -0.2) is 4.79 Å². The predicted octanol–water partition coefficient (Wildman–Crippen LogP) is 7.16. The predicted molar refractivity (Wildman–Crippen MR) is 160 cm³/mol. The molecule has 2 N–H and O–H groups in total. The van der Waals surface area contributed by atoms with Gasteiger partial charge in [0.2, 0.25) is 0 Å². The summed E-state index contributed by atoms with van der Waals surface area (Å²) in [5.74, 6) is -0.178. The van der Waals surface area contributed by atoms with Crippen LogP contribution in [0.1, 0.15) is 68.8 Å². The third-order valence-electron chi connectivity index (χ3n) is 7.96. The molecule has 216 valence electrons. The monoisotopic (exact) mass is 556 g/mol. The summed E-state index contributed by atoms with van der Waals surface area (Å²) in [4.78, 5) is 38.5. The number of benzene rings is 3. The quantitative estimate of drug-likeness (QED) is 0.291. The Hall–Kier alpha value is -4.13. The van der Waals surface area contributed by atoms with Crippen molar-refractivity contribution in [1.29, 1.82) is 0 Å². The largest absolute Gasteiger partial charge is 0.481 e. The molecule has 1 saturated carbocycles. The number of nitrogens with zero attached hydrogens (tertiary/aromatic N) is 1. The number of carbonyl (C=O) groups is 3. The Balaban J connectivity index is 1.46. The van der Waals surface area contributed by atoms with Crippen molar-refractivity contribution in [1.82, 2.24) is 10.2 Å². The molecule has 0 bridgehead atoms. The average Bonchev–Trinajstić information content (AvgIpc) is 2.96. The van der Waals surface area contributed by atoms with E-state index in [2.05, 4.69) is 26.1 Å². The number of aliphatic carboxylic acids is 1. The first-order valence-electron chi connectivity index (χ1n) is 14.3. The van der Waals surface area contributed by atoms with Gasteiger partial charge in [0.1, 0.15) is 5.75 Å². The molecule has 41 heavy (non-hydrogen) atoms. The number of hydrogen-bond donors (Lipinski definition) is 2. The van der Waals surface area contributed by atoms with Gasteiger partial charge in [-0.1, -0.05) is 75.4 Å². The van der Waals surface area contributed by atoms with Gasteiger partial charge in [-0.2, -0.15) is 0 Å². The molecule has 0 saturated heterocycles. The molecule has 3 aromatic carbocycles. The van der Waals surface area contributed by atoms with E-state index in [4.69, 9.17) is 9.84 Å². The average molecular weight is 557 g/mol. The summed E-state index contributed by atoms with van der Waals surface area (Å²) in [6, 6.07) is 24.8. The summed E-state index contributed by atoms with van der Waals surface area (Å²) in [6.07, 6.45) is 3.42. The van der Waals surface area contributed by atoms with Crippen LogP contribution in [0.2, 0.25) is 0 Å². The molecular weight excluding hydrogens is 516 g/mol. The van der Waals surface area contributed by atoms with Gasteiger partial charge in [-0.05, 0) is 78.0 Å². The number of rotatable bonds is 9. The van der Waals surface area contributed by atoms with Crippen molar-refractivity contribution < 1.29 is 24.2 Å². The lowest BCUT2D eigenvalue weighted by molar-refractivity contribution is -0.136. The van der Waals surface area contributed by atoms with Crippen molar-refractivity contribution in [2.75, 3.05) is 6.54 Å². The van der Waals surface area contributed by atoms with Gasteiger partial charge in [0.05, 0.1) is 6.42 Å². The van der Waals surface area contributed by atoms with Gasteiger partial charge in [-0.15, -0.1) is 0 Å². The fourth-order valence-corrected chi connectivity index (χ4v) is 5.44. The molecule has 7 heteroatoms. The molecule has 3 aromatic rings. The Morgan fingerprint density at radius 3 is 2.05 bits per heavy atom. The lowest BCUT2D eigenvalue weighted by Gasteiger charge is -2.40. The summed E-state index contributed by atoms with van der Waals surface area (Å²) < 4.78 is 5.89. The normalized spacial score (nSPS) is 17.0. The van der Waals surface area contributed by atoms with Gasteiger partial charge in [0.25, 0.3) is 5.91 Å². The molecule has 4 rings (SSSR count). The van der Waals surface area contributed by atoms with Crippen LogP contribution < -0.4 is 10.1 Å². The van der Waals surface area contributed by atoms with E-state index in [1.165, 1.54) is 0 Å². The van der Waals surface area contributed by atoms with E-state index >= 15 is 0 Å². The molecule has 1 fully saturated rings. The van der Waals surface area contributed by atoms with Gasteiger partial charge in [0.15, 0.2) is 0 Å². The SMILES string of the molecule is CC(C)(C)C1CCC(N(Cc2ccc(C(=O)NCCC(=O)O)cc2)C(=O)Oc2ccc(-c3ccccc3)cc2)CC1. The number of nitrogens with one attached hydrogen (secondary N) is 1. The molecule has 7 nitrogen and oxygen atoms in total. The third kappa shape index (κ3) is 8.43. The van der Waals surface area contributed by atoms with Crippen molar-refractivity contribution in [3.05, 3.63) is 90.0 Å². The number of amides is 2. The van der Waals surface area contributed by atoms with Crippen LogP contribution in [-0.4, -0.2) is 40.6 Å². The number of ether oxygens (including phenoxy) is 1. The Morgan fingerprint density at radius 2 is 1.46 bits per heavy atom. The van der Waals surface area contributed by atoms with Crippen molar-refractivity contribution in [3.8, 4) is 16.9 Å². The topological polar surface area (TPSA) is 95.9 Å². The summed E-state index contributed by atoms with van der Waals surface area (Å²) in [6.45, 7) is 7.28. The summed E-state index contributed by atoms with van der Waals surface area (Å²) in [5.41, 5.74) is 3.72. The highest BCUT2D eigenvalue weighted by Gasteiger charge is 2.34. The highest BCUT2D eigenvalue weighted by Crippen LogP contribution is 2.39. The minimum absolute atomic E-state index is 0.0590. The lowest BCUT2D eigenvalue weighted by atomic mass is 9.71. The first kappa shape index (κ1) is 29.8. The molecule has 0 aliphatic heterocycles. The zero-order valence-corrected chi connectivity index (χ0v) is 24.1. The van der Waals surface area contributed by atoms with E-state index in [-0.39, 0.29) is 36.4 Å². The second-order valence-corrected chi connectivity index (χ2v) is 11.9. The molecule has 1 aliphatic rings. The van der Waals surface area contributed by atoms with Crippen molar-refractivity contribution >= 4 is 18.0 Å². The van der Waals surface area contributed by atoms with E-state index in [9.17, 15) is 14.4 Å². The molecule has 0 unspecified atom stereocenters. The maximum atomic E-state index is 13.6. The third-order valence-corrected chi connectivity index (χ3v) is 7.96. The van der Waals surface area contributed by atoms with Crippen LogP contribution in [0.15, 0.2) is 78.9 Å². The van der Waals surface area contributed by atoms with E-state index < -0.39 is 5.97 Å². The number of hydrogen-bond acceptors (Lipinski definition) is 4. The fourth-order valence-electron chi connectivity index (χ4n) is 5.44. The van der Waals surface area contributed by atoms with Crippen LogP contribution in [0.3, 0.4) is 0 Å². The fraction of sp³-hybridized carbons (Fsp3) is 0.382. The molecule has 2 amide bonds. The second-order valence-electron chi connectivity index (χ2n) is 11.9. The van der Waals surface area contributed by atoms with Gasteiger partial charge < -0.3 is 20.1 Å². The van der Waals surface area contributed by atoms with E-state index in [0.717, 1.165) is 42.4 Å². The number of carbonyl (C=O) groups excluding carboxylic acids is 2. The van der Waals surface area contributed by atoms with Gasteiger partial charge >= 0.3 is 12.1 Å². The highest BCUT2D eigenvalue weighted by molar-refractivity contribution is 5.94. The Morgan fingerprint density at radius 1 is 0.854 bits per heavy atom. The van der Waals surface area contributed by atoms with Crippen LogP contribution >= 0.6 is 0 Å². The van der Waals surface area contributed by atoms with Crippen LogP contribution in [0.25, 0.3) is 11.1 Å². The van der Waals surface area contributed by atoms with Gasteiger partial charge in [-0.3, -0.25) is 9.59 Å². The highest BCUT2D eigenvalue weighted by atomic mass is 16.6. The van der Waals surface area contributed by atoms with Crippen molar-refractivity contribution in [2.24, 2.45) is 11.3 Å². The Bertz CT molecular complexity index is 1310. The molecular formula is C34H40N2O5. The second kappa shape index (κ2) is 13.5. The smallest absolute Gasteiger partial charge is 0.415 e. The Kier molecular flexibility index (Phi) is 9.82. The van der Waals surface area contributed by atoms with Crippen LogP contribution in [0.4, 0.5) is 4.79 Å². The van der Waals surface area contributed by atoms with Crippen LogP contribution in [0.5, 0.6) is 5.75 Å². The van der Waals surface area contributed by atoms with E-state index in [1.54, 1.807) is 12.1 Å². The van der Waals surface area contributed by atoms with E-state index in [0.29, 0.717) is 23.8 Å². The first-order chi connectivity index (χ1) is 19.6. The molecule has 1 aliphatic carbocycles. The van der Waals surface area contributed by atoms with Gasteiger partial charge in [0, 0.05) is 24.7 Å². The molecule has 0 atom stereocenters. The van der Waals surface area contributed by atoms with E-state index in [1.807, 2.05) is 71.6 Å². The zero-order valence-electron chi connectivity index (χ0n) is 24.1. The van der Waals surface area contributed by atoms with Crippen molar-refractivity contribution in [3.63, 3.8) is 0 Å². The first-order valence-corrected chi connectivity index (χ1v) is 14.3. The molecule has 0 aromatic heterocycles. The minimum atomic E-state index is -0.962. The summed E-state index contributed by atoms with van der Waals surface area (Å²) >= 11 is 0.